The molecule has 0 fully saturated rings. The van der Waals surface area contributed by atoms with E-state index in [0.29, 0.717) is 11.1 Å². The quantitative estimate of drug-likeness (QED) is 0.692. The van der Waals surface area contributed by atoms with Gasteiger partial charge in [0, 0.05) is 18.1 Å². The van der Waals surface area contributed by atoms with Gasteiger partial charge in [0.15, 0.2) is 0 Å². The van der Waals surface area contributed by atoms with Crippen molar-refractivity contribution in [1.82, 2.24) is 4.98 Å². The second kappa shape index (κ2) is 6.51. The number of nitrogen functional groups attached to an aromatic ring is 1. The van der Waals surface area contributed by atoms with E-state index in [2.05, 4.69) is 9.72 Å². The van der Waals surface area contributed by atoms with Gasteiger partial charge in [-0.1, -0.05) is 18.2 Å². The van der Waals surface area contributed by atoms with Gasteiger partial charge in [-0.25, -0.2) is 4.79 Å². The zero-order chi connectivity index (χ0) is 17.0. The maximum absolute atomic E-state index is 12.6. The molecule has 7 heteroatoms. The van der Waals surface area contributed by atoms with Crippen LogP contribution in [-0.2, 0) is 10.9 Å². The van der Waals surface area contributed by atoms with Gasteiger partial charge in [0.05, 0.1) is 18.2 Å². The van der Waals surface area contributed by atoms with Crippen LogP contribution in [0.5, 0.6) is 0 Å². The van der Waals surface area contributed by atoms with Crippen LogP contribution in [0, 0.1) is 0 Å². The SMILES string of the molecule is COC(=O)c1cncc(/C=C/c2ccc(C(F)(F)F)c(N)c2)c1. The Morgan fingerprint density at radius 3 is 2.48 bits per heavy atom. The lowest BCUT2D eigenvalue weighted by Gasteiger charge is -2.10. The van der Waals surface area contributed by atoms with Crippen LogP contribution in [0.2, 0.25) is 0 Å². The number of ether oxygens (including phenoxy) is 1. The first kappa shape index (κ1) is 16.5. The Balaban J connectivity index is 2.24. The minimum atomic E-state index is -4.48. The smallest absolute Gasteiger partial charge is 0.418 e. The number of alkyl halides is 3. The van der Waals surface area contributed by atoms with Crippen molar-refractivity contribution in [2.45, 2.75) is 6.18 Å². The van der Waals surface area contributed by atoms with Crippen LogP contribution in [0.25, 0.3) is 12.2 Å². The van der Waals surface area contributed by atoms with Gasteiger partial charge in [-0.05, 0) is 29.3 Å². The highest BCUT2D eigenvalue weighted by Gasteiger charge is 2.32. The van der Waals surface area contributed by atoms with Crippen LogP contribution in [0.1, 0.15) is 27.0 Å². The number of aromatic nitrogens is 1. The Bertz CT molecular complexity index is 755. The fourth-order valence-corrected chi connectivity index (χ4v) is 1.91. The summed E-state index contributed by atoms with van der Waals surface area (Å²) in [6, 6.07) is 5.03. The van der Waals surface area contributed by atoms with Gasteiger partial charge in [0.25, 0.3) is 0 Å². The second-order valence-corrected chi connectivity index (χ2v) is 4.68. The van der Waals surface area contributed by atoms with E-state index in [1.54, 1.807) is 18.2 Å². The molecule has 4 nitrogen and oxygen atoms in total. The Morgan fingerprint density at radius 2 is 1.87 bits per heavy atom. The number of rotatable bonds is 3. The molecule has 0 bridgehead atoms. The predicted octanol–water partition coefficient (Wildman–Crippen LogP) is 3.64. The number of hydrogen-bond donors (Lipinski definition) is 1. The summed E-state index contributed by atoms with van der Waals surface area (Å²) >= 11 is 0. The van der Waals surface area contributed by atoms with Crippen molar-refractivity contribution < 1.29 is 22.7 Å². The van der Waals surface area contributed by atoms with E-state index in [1.807, 2.05) is 0 Å². The minimum absolute atomic E-state index is 0.279. The molecule has 0 spiro atoms. The molecule has 0 aliphatic rings. The molecule has 0 amide bonds. The average Bonchev–Trinajstić information content (AvgIpc) is 2.51. The fraction of sp³-hybridized carbons (Fsp3) is 0.125. The van der Waals surface area contributed by atoms with Crippen molar-refractivity contribution in [3.8, 4) is 0 Å². The average molecular weight is 322 g/mol. The van der Waals surface area contributed by atoms with E-state index in [0.717, 1.165) is 6.07 Å². The first-order chi connectivity index (χ1) is 10.8. The van der Waals surface area contributed by atoms with Gasteiger partial charge in [-0.3, -0.25) is 4.98 Å². The monoisotopic (exact) mass is 322 g/mol. The summed E-state index contributed by atoms with van der Waals surface area (Å²) in [5.74, 6) is -0.522. The van der Waals surface area contributed by atoms with Crippen molar-refractivity contribution in [3.63, 3.8) is 0 Å². The number of esters is 1. The number of nitrogens with two attached hydrogens (primary N) is 1. The molecule has 0 unspecified atom stereocenters. The van der Waals surface area contributed by atoms with Gasteiger partial charge in [-0.2, -0.15) is 13.2 Å². The second-order valence-electron chi connectivity index (χ2n) is 4.68. The number of hydrogen-bond acceptors (Lipinski definition) is 4. The molecule has 120 valence electrons. The lowest BCUT2D eigenvalue weighted by molar-refractivity contribution is -0.136. The van der Waals surface area contributed by atoms with Crippen molar-refractivity contribution in [3.05, 3.63) is 58.9 Å². The third-order valence-corrected chi connectivity index (χ3v) is 3.03. The molecular formula is C16H13F3N2O2. The van der Waals surface area contributed by atoms with E-state index in [4.69, 9.17) is 5.73 Å². The van der Waals surface area contributed by atoms with Gasteiger partial charge in [0.1, 0.15) is 0 Å². The summed E-state index contributed by atoms with van der Waals surface area (Å²) in [5.41, 5.74) is 5.59. The Hall–Kier alpha value is -2.83. The molecule has 0 aliphatic heterocycles. The van der Waals surface area contributed by atoms with Crippen molar-refractivity contribution in [1.29, 1.82) is 0 Å². The summed E-state index contributed by atoms with van der Waals surface area (Å²) in [6.45, 7) is 0. The summed E-state index contributed by atoms with van der Waals surface area (Å²) < 4.78 is 42.5. The third kappa shape index (κ3) is 4.09. The molecule has 2 N–H and O–H groups in total. The molecule has 1 aromatic heterocycles. The van der Waals surface area contributed by atoms with Crippen molar-refractivity contribution >= 4 is 23.8 Å². The molecule has 0 radical (unpaired) electrons. The number of halogens is 3. The van der Waals surface area contributed by atoms with Gasteiger partial charge < -0.3 is 10.5 Å². The first-order valence-electron chi connectivity index (χ1n) is 6.49. The molecule has 23 heavy (non-hydrogen) atoms. The van der Waals surface area contributed by atoms with Gasteiger partial charge >= 0.3 is 12.1 Å². The minimum Gasteiger partial charge on any atom is -0.465 e. The number of carbonyl (C=O) groups is 1. The van der Waals surface area contributed by atoms with E-state index in [9.17, 15) is 18.0 Å². The molecule has 2 rings (SSSR count). The summed E-state index contributed by atoms with van der Waals surface area (Å²) in [7, 11) is 1.26. The predicted molar refractivity (Wildman–Crippen MR) is 80.4 cm³/mol. The number of carbonyl (C=O) groups excluding carboxylic acids is 1. The number of pyridine rings is 1. The standard InChI is InChI=1S/C16H13F3N2O2/c1-23-15(22)12-6-11(8-21-9-12)3-2-10-4-5-13(14(20)7-10)16(17,18)19/h2-9H,20H2,1H3/b3-2+. The van der Waals surface area contributed by atoms with Crippen LogP contribution in [0.3, 0.4) is 0 Å². The molecular weight excluding hydrogens is 309 g/mol. The molecule has 2 aromatic rings. The van der Waals surface area contributed by atoms with E-state index >= 15 is 0 Å². The lowest BCUT2D eigenvalue weighted by Crippen LogP contribution is -2.08. The highest BCUT2D eigenvalue weighted by atomic mass is 19.4. The first-order valence-corrected chi connectivity index (χ1v) is 6.49. The number of nitrogens with zero attached hydrogens (tertiary/aromatic N) is 1. The number of methoxy groups -OCH3 is 1. The van der Waals surface area contributed by atoms with Gasteiger partial charge in [-0.15, -0.1) is 0 Å². The molecule has 0 atom stereocenters. The number of benzene rings is 1. The van der Waals surface area contributed by atoms with Crippen molar-refractivity contribution in [2.75, 3.05) is 12.8 Å². The summed E-state index contributed by atoms with van der Waals surface area (Å²) in [4.78, 5) is 15.3. The summed E-state index contributed by atoms with van der Waals surface area (Å²) in [5, 5.41) is 0. The van der Waals surface area contributed by atoms with Crippen molar-refractivity contribution in [2.24, 2.45) is 0 Å². The third-order valence-electron chi connectivity index (χ3n) is 3.03. The fourth-order valence-electron chi connectivity index (χ4n) is 1.91. The zero-order valence-corrected chi connectivity index (χ0v) is 12.1. The maximum atomic E-state index is 12.6. The maximum Gasteiger partial charge on any atom is 0.418 e. The highest BCUT2D eigenvalue weighted by Crippen LogP contribution is 2.34. The van der Waals surface area contributed by atoms with E-state index in [-0.39, 0.29) is 11.3 Å². The van der Waals surface area contributed by atoms with Crippen LogP contribution in [0.4, 0.5) is 18.9 Å². The Kier molecular flexibility index (Phi) is 4.68. The van der Waals surface area contributed by atoms with Gasteiger partial charge in [0.2, 0.25) is 0 Å². The Labute approximate surface area is 130 Å². The lowest BCUT2D eigenvalue weighted by atomic mass is 10.1. The van der Waals surface area contributed by atoms with Crippen LogP contribution in [0.15, 0.2) is 36.7 Å². The number of anilines is 1. The van der Waals surface area contributed by atoms with E-state index < -0.39 is 17.7 Å². The van der Waals surface area contributed by atoms with Crippen LogP contribution >= 0.6 is 0 Å². The van der Waals surface area contributed by atoms with Crippen LogP contribution < -0.4 is 5.73 Å². The van der Waals surface area contributed by atoms with Crippen LogP contribution in [-0.4, -0.2) is 18.1 Å². The molecule has 0 saturated carbocycles. The summed E-state index contributed by atoms with van der Waals surface area (Å²) in [6.07, 6.45) is 1.58. The molecule has 0 aliphatic carbocycles. The topological polar surface area (TPSA) is 65.2 Å². The highest BCUT2D eigenvalue weighted by molar-refractivity contribution is 5.89. The Morgan fingerprint density at radius 1 is 1.17 bits per heavy atom. The van der Waals surface area contributed by atoms with E-state index in [1.165, 1.54) is 31.6 Å². The normalized spacial score (nSPS) is 11.7. The molecule has 1 aromatic carbocycles. The zero-order valence-electron chi connectivity index (χ0n) is 12.1. The largest absolute Gasteiger partial charge is 0.465 e. The molecule has 1 heterocycles. The molecule has 0 saturated heterocycles.